The molecule has 0 aliphatic rings. The van der Waals surface area contributed by atoms with Crippen molar-refractivity contribution in [2.24, 2.45) is 0 Å². The van der Waals surface area contributed by atoms with E-state index in [1.54, 1.807) is 0 Å². The zero-order valence-corrected chi connectivity index (χ0v) is 16.4. The summed E-state index contributed by atoms with van der Waals surface area (Å²) in [5.41, 5.74) is 0. The molecule has 0 amide bonds. The summed E-state index contributed by atoms with van der Waals surface area (Å²) in [5, 5.41) is 4.19. The maximum atomic E-state index is 2.23. The minimum absolute atomic E-state index is 0. The monoisotopic (exact) mass is 656 g/mol. The topological polar surface area (TPSA) is 0 Å². The minimum Gasteiger partial charge on any atom is -0.0622 e. The van der Waals surface area contributed by atoms with Crippen molar-refractivity contribution in [3.8, 4) is 0 Å². The van der Waals surface area contributed by atoms with Gasteiger partial charge in [-0.3, -0.25) is 0 Å². The van der Waals surface area contributed by atoms with E-state index >= 15 is 0 Å². The first kappa shape index (κ1) is 18.6. The first-order valence-corrected chi connectivity index (χ1v) is 7.74. The van der Waals surface area contributed by atoms with Crippen molar-refractivity contribution >= 4 is 23.8 Å². The van der Waals surface area contributed by atoms with E-state index < -0.39 is 7.92 Å². The molecule has 3 aromatic carbocycles. The predicted molar refractivity (Wildman–Crippen MR) is 85.1 cm³/mol. The molecule has 21 heavy (non-hydrogen) atoms. The molecular formula is C18H15Au2P+2. The van der Waals surface area contributed by atoms with Crippen LogP contribution in [0.2, 0.25) is 0 Å². The fraction of sp³-hybridized carbons (Fsp3) is 0. The molecular weight excluding hydrogens is 641 g/mol. The molecule has 0 nitrogen and oxygen atoms in total. The molecule has 0 aromatic heterocycles. The summed E-state index contributed by atoms with van der Waals surface area (Å²) in [6.07, 6.45) is 0. The van der Waals surface area contributed by atoms with Crippen molar-refractivity contribution in [3.63, 3.8) is 0 Å². The molecule has 0 bridgehead atoms. The molecule has 0 fully saturated rings. The zero-order chi connectivity index (χ0) is 12.9. The summed E-state index contributed by atoms with van der Waals surface area (Å²) >= 11 is 0. The average Bonchev–Trinajstić information content (AvgIpc) is 2.51. The molecule has 0 spiro atoms. The van der Waals surface area contributed by atoms with Gasteiger partial charge in [0.25, 0.3) is 0 Å². The van der Waals surface area contributed by atoms with E-state index in [1.807, 2.05) is 0 Å². The molecule has 3 heteroatoms. The second-order valence-electron chi connectivity index (χ2n) is 4.34. The SMILES string of the molecule is [Au+].[Au+].c1ccc(P(c2ccccc2)c2ccccc2)cc1. The quantitative estimate of drug-likeness (QED) is 0.300. The largest absolute Gasteiger partial charge is 1.00 e. The van der Waals surface area contributed by atoms with E-state index in [9.17, 15) is 0 Å². The Labute approximate surface area is 158 Å². The molecule has 0 atom stereocenters. The van der Waals surface area contributed by atoms with Gasteiger partial charge >= 0.3 is 44.8 Å². The second kappa shape index (κ2) is 9.56. The van der Waals surface area contributed by atoms with Gasteiger partial charge in [-0.05, 0) is 23.8 Å². The summed E-state index contributed by atoms with van der Waals surface area (Å²) in [7, 11) is -0.446. The van der Waals surface area contributed by atoms with Gasteiger partial charge in [0.1, 0.15) is 0 Å². The third-order valence-corrected chi connectivity index (χ3v) is 5.49. The molecule has 0 saturated carbocycles. The first-order valence-electron chi connectivity index (χ1n) is 6.40. The van der Waals surface area contributed by atoms with Gasteiger partial charge in [-0.15, -0.1) is 0 Å². The standard InChI is InChI=1S/C18H15P.2Au/c1-4-10-16(11-5-1)19(17-12-6-2-7-13-17)18-14-8-3-9-15-18;;/h1-15H;;/q;2*+1. The number of benzene rings is 3. The molecule has 0 unspecified atom stereocenters. The maximum absolute atomic E-state index is 2.23. The van der Waals surface area contributed by atoms with Gasteiger partial charge in [0.05, 0.1) is 0 Å². The molecule has 112 valence electrons. The van der Waals surface area contributed by atoms with Crippen LogP contribution in [0.3, 0.4) is 0 Å². The van der Waals surface area contributed by atoms with Crippen LogP contribution in [0.1, 0.15) is 0 Å². The van der Waals surface area contributed by atoms with Crippen molar-refractivity contribution in [1.82, 2.24) is 0 Å². The zero-order valence-electron chi connectivity index (χ0n) is 11.2. The number of hydrogen-bond donors (Lipinski definition) is 0. The second-order valence-corrected chi connectivity index (χ2v) is 6.56. The van der Waals surface area contributed by atoms with E-state index in [-0.39, 0.29) is 44.8 Å². The van der Waals surface area contributed by atoms with Crippen molar-refractivity contribution in [3.05, 3.63) is 91.0 Å². The summed E-state index contributed by atoms with van der Waals surface area (Å²) in [4.78, 5) is 0. The normalized spacial score (nSPS) is 9.57. The third-order valence-electron chi connectivity index (χ3n) is 3.04. The fourth-order valence-corrected chi connectivity index (χ4v) is 4.48. The average molecular weight is 656 g/mol. The Kier molecular flexibility index (Phi) is 8.48. The van der Waals surface area contributed by atoms with Crippen LogP contribution >= 0.6 is 7.92 Å². The summed E-state index contributed by atoms with van der Waals surface area (Å²) in [5.74, 6) is 0. The van der Waals surface area contributed by atoms with Crippen LogP contribution in [-0.4, -0.2) is 0 Å². The smallest absolute Gasteiger partial charge is 0.0622 e. The van der Waals surface area contributed by atoms with E-state index in [2.05, 4.69) is 91.0 Å². The molecule has 0 saturated heterocycles. The van der Waals surface area contributed by atoms with Crippen LogP contribution in [0.4, 0.5) is 0 Å². The van der Waals surface area contributed by atoms with E-state index in [1.165, 1.54) is 15.9 Å². The third kappa shape index (κ3) is 4.78. The fourth-order valence-electron chi connectivity index (χ4n) is 2.18. The van der Waals surface area contributed by atoms with Crippen molar-refractivity contribution in [1.29, 1.82) is 0 Å². The van der Waals surface area contributed by atoms with Gasteiger partial charge in [0.2, 0.25) is 0 Å². The number of hydrogen-bond acceptors (Lipinski definition) is 0. The van der Waals surface area contributed by atoms with Crippen LogP contribution in [-0.2, 0) is 44.8 Å². The Balaban J connectivity index is 0.00000110. The molecule has 0 N–H and O–H groups in total. The van der Waals surface area contributed by atoms with E-state index in [0.29, 0.717) is 0 Å². The Morgan fingerprint density at radius 2 is 0.619 bits per heavy atom. The van der Waals surface area contributed by atoms with Gasteiger partial charge in [0, 0.05) is 0 Å². The Hall–Kier alpha value is -0.429. The molecule has 0 aliphatic carbocycles. The van der Waals surface area contributed by atoms with Crippen LogP contribution < -0.4 is 15.9 Å². The number of rotatable bonds is 3. The maximum Gasteiger partial charge on any atom is 1.00 e. The van der Waals surface area contributed by atoms with Crippen LogP contribution in [0.25, 0.3) is 0 Å². The van der Waals surface area contributed by atoms with Gasteiger partial charge in [0.15, 0.2) is 0 Å². The molecule has 0 aliphatic heterocycles. The van der Waals surface area contributed by atoms with E-state index in [0.717, 1.165) is 0 Å². The van der Waals surface area contributed by atoms with Gasteiger partial charge in [-0.1, -0.05) is 91.0 Å². The summed E-state index contributed by atoms with van der Waals surface area (Å²) in [6, 6.07) is 32.3. The first-order chi connectivity index (χ1) is 9.45. The predicted octanol–water partition coefficient (Wildman–Crippen LogP) is 3.44. The summed E-state index contributed by atoms with van der Waals surface area (Å²) < 4.78 is 0. The van der Waals surface area contributed by atoms with Crippen LogP contribution in [0, 0.1) is 0 Å². The van der Waals surface area contributed by atoms with Crippen LogP contribution in [0.15, 0.2) is 91.0 Å². The minimum atomic E-state index is -0.446. The Morgan fingerprint density at radius 3 is 0.857 bits per heavy atom. The molecule has 0 heterocycles. The van der Waals surface area contributed by atoms with Crippen LogP contribution in [0.5, 0.6) is 0 Å². The van der Waals surface area contributed by atoms with Crippen molar-refractivity contribution < 1.29 is 44.8 Å². The Morgan fingerprint density at radius 1 is 0.381 bits per heavy atom. The van der Waals surface area contributed by atoms with Gasteiger partial charge in [-0.25, -0.2) is 0 Å². The van der Waals surface area contributed by atoms with Crippen molar-refractivity contribution in [2.45, 2.75) is 0 Å². The molecule has 0 radical (unpaired) electrons. The van der Waals surface area contributed by atoms with Gasteiger partial charge < -0.3 is 0 Å². The summed E-state index contributed by atoms with van der Waals surface area (Å²) in [6.45, 7) is 0. The molecule has 3 rings (SSSR count). The van der Waals surface area contributed by atoms with Gasteiger partial charge in [-0.2, -0.15) is 0 Å². The van der Waals surface area contributed by atoms with E-state index in [4.69, 9.17) is 0 Å². The Bertz CT molecular complexity index is 533. The molecule has 3 aromatic rings. The van der Waals surface area contributed by atoms with Crippen molar-refractivity contribution in [2.75, 3.05) is 0 Å².